The molecule has 0 bridgehead atoms. The molecule has 0 saturated heterocycles. The quantitative estimate of drug-likeness (QED) is 0.767. The van der Waals surface area contributed by atoms with E-state index in [0.29, 0.717) is 23.0 Å². The Labute approximate surface area is 122 Å². The number of halogens is 1. The summed E-state index contributed by atoms with van der Waals surface area (Å²) in [4.78, 5) is 11.8. The third kappa shape index (κ3) is 3.78. The first-order valence-electron chi connectivity index (χ1n) is 6.18. The fourth-order valence-electron chi connectivity index (χ4n) is 1.80. The van der Waals surface area contributed by atoms with Gasteiger partial charge in [0.2, 0.25) is 0 Å². The maximum Gasteiger partial charge on any atom is 0.312 e. The fraction of sp³-hybridized carbons (Fsp3) is 0.267. The second-order valence-corrected chi connectivity index (χ2v) is 4.65. The first-order valence-corrected chi connectivity index (χ1v) is 6.56. The van der Waals surface area contributed by atoms with Gasteiger partial charge < -0.3 is 13.9 Å². The van der Waals surface area contributed by atoms with Crippen molar-refractivity contribution < 1.29 is 18.7 Å². The summed E-state index contributed by atoms with van der Waals surface area (Å²) in [5.74, 6) is 0.474. The highest BCUT2D eigenvalue weighted by Crippen LogP contribution is 2.24. The number of rotatable bonds is 6. The molecule has 2 rings (SSSR count). The highest BCUT2D eigenvalue weighted by Gasteiger charge is 2.22. The van der Waals surface area contributed by atoms with Gasteiger partial charge in [0.05, 0.1) is 24.3 Å². The monoisotopic (exact) mass is 294 g/mol. The predicted molar refractivity (Wildman–Crippen MR) is 74.9 cm³/mol. The standard InChI is InChI=1S/C15H15ClO4/c1-18-15(17)11(9-12-5-4-8-19-12)10-20-14-7-3-2-6-13(14)16/h2-8,11H,9-10H2,1H3. The molecule has 1 unspecified atom stereocenters. The zero-order chi connectivity index (χ0) is 14.4. The Morgan fingerprint density at radius 1 is 1.30 bits per heavy atom. The fourth-order valence-corrected chi connectivity index (χ4v) is 1.99. The molecule has 106 valence electrons. The van der Waals surface area contributed by atoms with Gasteiger partial charge in [-0.05, 0) is 24.3 Å². The van der Waals surface area contributed by atoms with Gasteiger partial charge in [0.25, 0.3) is 0 Å². The topological polar surface area (TPSA) is 48.7 Å². The molecule has 0 spiro atoms. The van der Waals surface area contributed by atoms with E-state index in [9.17, 15) is 4.79 Å². The van der Waals surface area contributed by atoms with Gasteiger partial charge in [-0.15, -0.1) is 0 Å². The highest BCUT2D eigenvalue weighted by atomic mass is 35.5. The molecule has 0 aliphatic heterocycles. The summed E-state index contributed by atoms with van der Waals surface area (Å²) in [7, 11) is 1.35. The zero-order valence-corrected chi connectivity index (χ0v) is 11.8. The molecule has 0 aliphatic rings. The Morgan fingerprint density at radius 2 is 2.10 bits per heavy atom. The van der Waals surface area contributed by atoms with Crippen LogP contribution in [-0.4, -0.2) is 19.7 Å². The summed E-state index contributed by atoms with van der Waals surface area (Å²) in [5.41, 5.74) is 0. The summed E-state index contributed by atoms with van der Waals surface area (Å²) >= 11 is 6.00. The number of furan rings is 1. The van der Waals surface area contributed by atoms with Crippen molar-refractivity contribution in [1.82, 2.24) is 0 Å². The van der Waals surface area contributed by atoms with E-state index in [4.69, 9.17) is 25.5 Å². The molecule has 0 aliphatic carbocycles. The molecule has 20 heavy (non-hydrogen) atoms. The van der Waals surface area contributed by atoms with E-state index >= 15 is 0 Å². The number of methoxy groups -OCH3 is 1. The minimum atomic E-state index is -0.442. The lowest BCUT2D eigenvalue weighted by Gasteiger charge is -2.15. The van der Waals surface area contributed by atoms with Crippen molar-refractivity contribution in [3.05, 3.63) is 53.4 Å². The van der Waals surface area contributed by atoms with E-state index in [0.717, 1.165) is 0 Å². The minimum absolute atomic E-state index is 0.178. The van der Waals surface area contributed by atoms with Crippen LogP contribution in [0.3, 0.4) is 0 Å². The molecule has 0 radical (unpaired) electrons. The van der Waals surface area contributed by atoms with Crippen molar-refractivity contribution in [2.45, 2.75) is 6.42 Å². The number of carbonyl (C=O) groups is 1. The van der Waals surface area contributed by atoms with Gasteiger partial charge in [-0.25, -0.2) is 0 Å². The zero-order valence-electron chi connectivity index (χ0n) is 11.0. The maximum atomic E-state index is 11.8. The number of hydrogen-bond acceptors (Lipinski definition) is 4. The van der Waals surface area contributed by atoms with Gasteiger partial charge in [0.15, 0.2) is 0 Å². The van der Waals surface area contributed by atoms with Crippen molar-refractivity contribution in [1.29, 1.82) is 0 Å². The molecule has 1 aromatic carbocycles. The number of carbonyl (C=O) groups excluding carboxylic acids is 1. The number of benzene rings is 1. The normalized spacial score (nSPS) is 11.9. The van der Waals surface area contributed by atoms with E-state index in [1.807, 2.05) is 18.2 Å². The number of esters is 1. The van der Waals surface area contributed by atoms with Crippen LogP contribution in [0.2, 0.25) is 5.02 Å². The molecule has 0 amide bonds. The van der Waals surface area contributed by atoms with Crippen LogP contribution in [0.4, 0.5) is 0 Å². The summed E-state index contributed by atoms with van der Waals surface area (Å²) < 4.78 is 15.6. The van der Waals surface area contributed by atoms with Crippen LogP contribution in [-0.2, 0) is 16.0 Å². The molecule has 4 nitrogen and oxygen atoms in total. The molecule has 2 aromatic rings. The maximum absolute atomic E-state index is 11.8. The van der Waals surface area contributed by atoms with Gasteiger partial charge in [-0.2, -0.15) is 0 Å². The molecule has 0 saturated carbocycles. The van der Waals surface area contributed by atoms with Crippen molar-refractivity contribution in [3.63, 3.8) is 0 Å². The summed E-state index contributed by atoms with van der Waals surface area (Å²) in [5, 5.41) is 0.508. The van der Waals surface area contributed by atoms with E-state index in [1.54, 1.807) is 24.5 Å². The van der Waals surface area contributed by atoms with Crippen molar-refractivity contribution in [2.24, 2.45) is 5.92 Å². The third-order valence-electron chi connectivity index (χ3n) is 2.84. The molecular weight excluding hydrogens is 280 g/mol. The Bertz CT molecular complexity index is 551. The molecule has 0 N–H and O–H groups in total. The van der Waals surface area contributed by atoms with Gasteiger partial charge in [0.1, 0.15) is 18.1 Å². The van der Waals surface area contributed by atoms with Crippen LogP contribution >= 0.6 is 11.6 Å². The van der Waals surface area contributed by atoms with E-state index < -0.39 is 5.92 Å². The lowest BCUT2D eigenvalue weighted by molar-refractivity contribution is -0.146. The second kappa shape index (κ2) is 7.01. The molecule has 1 heterocycles. The van der Waals surface area contributed by atoms with Crippen molar-refractivity contribution >= 4 is 17.6 Å². The SMILES string of the molecule is COC(=O)C(COc1ccccc1Cl)Cc1ccco1. The van der Waals surface area contributed by atoms with Crippen LogP contribution < -0.4 is 4.74 Å². The number of ether oxygens (including phenoxy) is 2. The van der Waals surface area contributed by atoms with E-state index in [2.05, 4.69) is 0 Å². The Morgan fingerprint density at radius 3 is 2.75 bits per heavy atom. The molecule has 1 aromatic heterocycles. The van der Waals surface area contributed by atoms with Crippen LogP contribution in [0.1, 0.15) is 5.76 Å². The van der Waals surface area contributed by atoms with Crippen LogP contribution in [0.5, 0.6) is 5.75 Å². The van der Waals surface area contributed by atoms with Crippen LogP contribution in [0.15, 0.2) is 47.1 Å². The number of hydrogen-bond donors (Lipinski definition) is 0. The first-order chi connectivity index (χ1) is 9.70. The van der Waals surface area contributed by atoms with E-state index in [-0.39, 0.29) is 12.6 Å². The lowest BCUT2D eigenvalue weighted by atomic mass is 10.1. The Balaban J connectivity index is 2.01. The van der Waals surface area contributed by atoms with E-state index in [1.165, 1.54) is 7.11 Å². The molecule has 1 atom stereocenters. The van der Waals surface area contributed by atoms with Gasteiger partial charge in [-0.1, -0.05) is 23.7 Å². The van der Waals surface area contributed by atoms with Crippen molar-refractivity contribution in [2.75, 3.05) is 13.7 Å². The molecule has 5 heteroatoms. The molecule has 0 fully saturated rings. The second-order valence-electron chi connectivity index (χ2n) is 4.24. The Kier molecular flexibility index (Phi) is 5.07. The largest absolute Gasteiger partial charge is 0.491 e. The smallest absolute Gasteiger partial charge is 0.312 e. The lowest BCUT2D eigenvalue weighted by Crippen LogP contribution is -2.25. The number of para-hydroxylation sites is 1. The van der Waals surface area contributed by atoms with Crippen molar-refractivity contribution in [3.8, 4) is 5.75 Å². The van der Waals surface area contributed by atoms with Gasteiger partial charge >= 0.3 is 5.97 Å². The summed E-state index contributed by atoms with van der Waals surface area (Å²) in [6.45, 7) is 0.178. The molecular formula is C15H15ClO4. The van der Waals surface area contributed by atoms with Gasteiger partial charge in [-0.3, -0.25) is 4.79 Å². The Hall–Kier alpha value is -1.94. The highest BCUT2D eigenvalue weighted by molar-refractivity contribution is 6.32. The minimum Gasteiger partial charge on any atom is -0.491 e. The third-order valence-corrected chi connectivity index (χ3v) is 3.15. The summed E-state index contributed by atoms with van der Waals surface area (Å²) in [6, 6.07) is 10.7. The average molecular weight is 295 g/mol. The first kappa shape index (κ1) is 14.5. The van der Waals surface area contributed by atoms with Crippen LogP contribution in [0, 0.1) is 5.92 Å². The summed E-state index contributed by atoms with van der Waals surface area (Å²) in [6.07, 6.45) is 1.99. The average Bonchev–Trinajstić information content (AvgIpc) is 2.97. The predicted octanol–water partition coefficient (Wildman–Crippen LogP) is 3.34. The van der Waals surface area contributed by atoms with Gasteiger partial charge in [0, 0.05) is 6.42 Å². The van der Waals surface area contributed by atoms with Crippen LogP contribution in [0.25, 0.3) is 0 Å².